The molecule has 14 heavy (non-hydrogen) atoms. The van der Waals surface area contributed by atoms with Crippen molar-refractivity contribution in [3.63, 3.8) is 0 Å². The lowest BCUT2D eigenvalue weighted by Gasteiger charge is -2.03. The standard InChI is InChI=1S/C11H9NO2/c13-9-4-3-7-1-2-8-5-6-14-11(8)10(7)12-9/h1-4H,5-6H2,(H,12,13). The molecular formula is C11H9NO2. The van der Waals surface area contributed by atoms with Crippen molar-refractivity contribution in [3.8, 4) is 5.75 Å². The van der Waals surface area contributed by atoms with E-state index < -0.39 is 0 Å². The predicted molar refractivity (Wildman–Crippen MR) is 53.8 cm³/mol. The van der Waals surface area contributed by atoms with Crippen molar-refractivity contribution in [1.29, 1.82) is 0 Å². The molecule has 0 aliphatic carbocycles. The van der Waals surface area contributed by atoms with Crippen LogP contribution in [0.1, 0.15) is 5.56 Å². The smallest absolute Gasteiger partial charge is 0.248 e. The normalized spacial score (nSPS) is 14.0. The van der Waals surface area contributed by atoms with Crippen molar-refractivity contribution in [2.24, 2.45) is 0 Å². The Balaban J connectivity index is 2.47. The van der Waals surface area contributed by atoms with Crippen LogP contribution in [0.25, 0.3) is 10.9 Å². The van der Waals surface area contributed by atoms with E-state index in [9.17, 15) is 4.79 Å². The zero-order valence-corrected chi connectivity index (χ0v) is 7.54. The summed E-state index contributed by atoms with van der Waals surface area (Å²) in [5.74, 6) is 0.847. The van der Waals surface area contributed by atoms with Gasteiger partial charge < -0.3 is 9.72 Å². The van der Waals surface area contributed by atoms with E-state index in [1.165, 1.54) is 11.6 Å². The fourth-order valence-corrected chi connectivity index (χ4v) is 1.86. The molecule has 0 amide bonds. The van der Waals surface area contributed by atoms with E-state index in [0.29, 0.717) is 6.61 Å². The van der Waals surface area contributed by atoms with Crippen molar-refractivity contribution in [3.05, 3.63) is 40.2 Å². The van der Waals surface area contributed by atoms with E-state index >= 15 is 0 Å². The van der Waals surface area contributed by atoms with Gasteiger partial charge in [-0.05, 0) is 11.6 Å². The zero-order valence-electron chi connectivity index (χ0n) is 7.54. The molecule has 70 valence electrons. The predicted octanol–water partition coefficient (Wildman–Crippen LogP) is 1.46. The first kappa shape index (κ1) is 7.62. The number of ether oxygens (including phenoxy) is 1. The van der Waals surface area contributed by atoms with Crippen LogP contribution in [0.5, 0.6) is 5.75 Å². The van der Waals surface area contributed by atoms with Gasteiger partial charge in [-0.25, -0.2) is 0 Å². The monoisotopic (exact) mass is 187 g/mol. The minimum absolute atomic E-state index is 0.0820. The van der Waals surface area contributed by atoms with Crippen LogP contribution in [0.2, 0.25) is 0 Å². The Bertz CT molecular complexity index is 557. The maximum absolute atomic E-state index is 11.2. The SMILES string of the molecule is O=c1ccc2ccc3c(c2[nH]1)OCC3. The molecule has 2 heterocycles. The summed E-state index contributed by atoms with van der Waals surface area (Å²) in [5, 5.41) is 1.02. The molecule has 3 rings (SSSR count). The van der Waals surface area contributed by atoms with Crippen LogP contribution in [-0.4, -0.2) is 11.6 Å². The van der Waals surface area contributed by atoms with E-state index in [1.54, 1.807) is 0 Å². The highest BCUT2D eigenvalue weighted by Crippen LogP contribution is 2.31. The van der Waals surface area contributed by atoms with E-state index in [-0.39, 0.29) is 5.56 Å². The first-order chi connectivity index (χ1) is 6.84. The van der Waals surface area contributed by atoms with Crippen molar-refractivity contribution in [2.75, 3.05) is 6.61 Å². The maximum Gasteiger partial charge on any atom is 0.248 e. The summed E-state index contributed by atoms with van der Waals surface area (Å²) in [6, 6.07) is 7.42. The van der Waals surface area contributed by atoms with E-state index in [0.717, 1.165) is 23.1 Å². The van der Waals surface area contributed by atoms with Gasteiger partial charge in [0.1, 0.15) is 5.75 Å². The minimum atomic E-state index is -0.0820. The number of H-pyrrole nitrogens is 1. The van der Waals surface area contributed by atoms with Gasteiger partial charge in [0.25, 0.3) is 0 Å². The molecule has 0 atom stereocenters. The number of pyridine rings is 1. The number of hydrogen-bond donors (Lipinski definition) is 1. The number of fused-ring (bicyclic) bond motifs is 3. The second-order valence-electron chi connectivity index (χ2n) is 3.44. The summed E-state index contributed by atoms with van der Waals surface area (Å²) >= 11 is 0. The highest BCUT2D eigenvalue weighted by atomic mass is 16.5. The van der Waals surface area contributed by atoms with Crippen molar-refractivity contribution in [1.82, 2.24) is 4.98 Å². The van der Waals surface area contributed by atoms with Crippen LogP contribution in [0.3, 0.4) is 0 Å². The quantitative estimate of drug-likeness (QED) is 0.678. The van der Waals surface area contributed by atoms with Gasteiger partial charge in [-0.3, -0.25) is 4.79 Å². The molecule has 1 aliphatic heterocycles. The third kappa shape index (κ3) is 0.954. The van der Waals surface area contributed by atoms with Gasteiger partial charge in [-0.2, -0.15) is 0 Å². The van der Waals surface area contributed by atoms with Gasteiger partial charge in [0.15, 0.2) is 0 Å². The molecule has 2 aromatic rings. The van der Waals surface area contributed by atoms with E-state index in [2.05, 4.69) is 11.1 Å². The summed E-state index contributed by atoms with van der Waals surface area (Å²) in [7, 11) is 0. The molecule has 0 radical (unpaired) electrons. The molecule has 0 unspecified atom stereocenters. The second kappa shape index (κ2) is 2.61. The highest BCUT2D eigenvalue weighted by molar-refractivity contribution is 5.86. The Morgan fingerprint density at radius 3 is 3.00 bits per heavy atom. The van der Waals surface area contributed by atoms with Crippen molar-refractivity contribution >= 4 is 10.9 Å². The van der Waals surface area contributed by atoms with Gasteiger partial charge in [0.2, 0.25) is 5.56 Å². The fourth-order valence-electron chi connectivity index (χ4n) is 1.86. The van der Waals surface area contributed by atoms with Crippen molar-refractivity contribution < 1.29 is 4.74 Å². The summed E-state index contributed by atoms with van der Waals surface area (Å²) in [6.07, 6.45) is 0.933. The summed E-state index contributed by atoms with van der Waals surface area (Å²) in [5.41, 5.74) is 1.92. The van der Waals surface area contributed by atoms with Crippen LogP contribution in [-0.2, 0) is 6.42 Å². The Labute approximate surface area is 80.3 Å². The van der Waals surface area contributed by atoms with Gasteiger partial charge in [-0.15, -0.1) is 0 Å². The highest BCUT2D eigenvalue weighted by Gasteiger charge is 2.15. The van der Waals surface area contributed by atoms with Gasteiger partial charge >= 0.3 is 0 Å². The molecule has 3 nitrogen and oxygen atoms in total. The third-order valence-electron chi connectivity index (χ3n) is 2.55. The maximum atomic E-state index is 11.2. The number of aromatic amines is 1. The molecule has 1 N–H and O–H groups in total. The van der Waals surface area contributed by atoms with Gasteiger partial charge in [0, 0.05) is 17.9 Å². The lowest BCUT2D eigenvalue weighted by Crippen LogP contribution is -2.03. The van der Waals surface area contributed by atoms with Gasteiger partial charge in [0.05, 0.1) is 12.1 Å². The molecular weight excluding hydrogens is 178 g/mol. The first-order valence-corrected chi connectivity index (χ1v) is 4.62. The molecule has 1 aromatic heterocycles. The van der Waals surface area contributed by atoms with Crippen LogP contribution in [0.15, 0.2) is 29.1 Å². The summed E-state index contributed by atoms with van der Waals surface area (Å²) in [6.45, 7) is 0.714. The third-order valence-corrected chi connectivity index (χ3v) is 2.55. The molecule has 3 heteroatoms. The molecule has 1 aliphatic rings. The molecule has 0 saturated heterocycles. The molecule has 0 saturated carbocycles. The average Bonchev–Trinajstić information content (AvgIpc) is 2.65. The first-order valence-electron chi connectivity index (χ1n) is 4.62. The largest absolute Gasteiger partial charge is 0.491 e. The van der Waals surface area contributed by atoms with E-state index in [1.807, 2.05) is 12.1 Å². The van der Waals surface area contributed by atoms with Gasteiger partial charge in [-0.1, -0.05) is 12.1 Å². The number of nitrogens with one attached hydrogen (secondary N) is 1. The van der Waals surface area contributed by atoms with Crippen LogP contribution in [0.4, 0.5) is 0 Å². The Hall–Kier alpha value is -1.77. The average molecular weight is 187 g/mol. The lowest BCUT2D eigenvalue weighted by molar-refractivity contribution is 0.359. The number of benzene rings is 1. The van der Waals surface area contributed by atoms with Crippen LogP contribution in [0, 0.1) is 0 Å². The Morgan fingerprint density at radius 2 is 2.07 bits per heavy atom. The molecule has 0 spiro atoms. The Kier molecular flexibility index (Phi) is 1.42. The van der Waals surface area contributed by atoms with E-state index in [4.69, 9.17) is 4.74 Å². The second-order valence-corrected chi connectivity index (χ2v) is 3.44. The van der Waals surface area contributed by atoms with Crippen LogP contribution >= 0.6 is 0 Å². The molecule has 1 aromatic carbocycles. The lowest BCUT2D eigenvalue weighted by atomic mass is 10.1. The Morgan fingerprint density at radius 1 is 1.21 bits per heavy atom. The number of hydrogen-bond acceptors (Lipinski definition) is 2. The van der Waals surface area contributed by atoms with Crippen LogP contribution < -0.4 is 10.3 Å². The number of aromatic nitrogens is 1. The topological polar surface area (TPSA) is 42.1 Å². The number of rotatable bonds is 0. The minimum Gasteiger partial charge on any atom is -0.491 e. The zero-order chi connectivity index (χ0) is 9.54. The summed E-state index contributed by atoms with van der Waals surface area (Å²) < 4.78 is 5.50. The van der Waals surface area contributed by atoms with Crippen molar-refractivity contribution in [2.45, 2.75) is 6.42 Å². The molecule has 0 bridgehead atoms. The summed E-state index contributed by atoms with van der Waals surface area (Å²) in [4.78, 5) is 14.0. The molecule has 0 fully saturated rings. The fraction of sp³-hybridized carbons (Fsp3) is 0.182.